The molecule has 1 aromatic heterocycles. The standard InChI is InChI=1S/C20H21N3O2/c1-23-19(20(24)21-12-11-15-7-4-3-5-8-15)14-18(22-23)16-9-6-10-17(13-16)25-2/h3-10,13-14H,11-12H2,1-2H3,(H,21,24). The van der Waals surface area contributed by atoms with E-state index in [4.69, 9.17) is 4.74 Å². The molecule has 1 heterocycles. The van der Waals surface area contributed by atoms with Crippen molar-refractivity contribution in [1.29, 1.82) is 0 Å². The number of aromatic nitrogens is 2. The van der Waals surface area contributed by atoms with Crippen LogP contribution in [0, 0.1) is 0 Å². The second-order valence-corrected chi connectivity index (χ2v) is 5.76. The zero-order valence-corrected chi connectivity index (χ0v) is 14.4. The van der Waals surface area contributed by atoms with Gasteiger partial charge in [-0.1, -0.05) is 42.5 Å². The van der Waals surface area contributed by atoms with Gasteiger partial charge in [0.05, 0.1) is 12.8 Å². The highest BCUT2D eigenvalue weighted by Gasteiger charge is 2.14. The fourth-order valence-electron chi connectivity index (χ4n) is 2.66. The molecule has 1 N–H and O–H groups in total. The van der Waals surface area contributed by atoms with E-state index >= 15 is 0 Å². The normalized spacial score (nSPS) is 10.5. The van der Waals surface area contributed by atoms with Crippen molar-refractivity contribution in [1.82, 2.24) is 15.1 Å². The average molecular weight is 335 g/mol. The summed E-state index contributed by atoms with van der Waals surface area (Å²) < 4.78 is 6.85. The van der Waals surface area contributed by atoms with Gasteiger partial charge >= 0.3 is 0 Å². The second-order valence-electron chi connectivity index (χ2n) is 5.76. The molecular formula is C20H21N3O2. The van der Waals surface area contributed by atoms with Crippen molar-refractivity contribution in [2.75, 3.05) is 13.7 Å². The zero-order valence-electron chi connectivity index (χ0n) is 14.4. The summed E-state index contributed by atoms with van der Waals surface area (Å²) in [4.78, 5) is 12.4. The lowest BCUT2D eigenvalue weighted by Gasteiger charge is -2.05. The lowest BCUT2D eigenvalue weighted by molar-refractivity contribution is 0.0944. The number of ether oxygens (including phenoxy) is 1. The Labute approximate surface area is 147 Å². The van der Waals surface area contributed by atoms with E-state index in [1.807, 2.05) is 42.5 Å². The SMILES string of the molecule is COc1cccc(-c2cc(C(=O)NCCc3ccccc3)n(C)n2)c1. The minimum absolute atomic E-state index is 0.125. The molecule has 0 spiro atoms. The highest BCUT2D eigenvalue weighted by molar-refractivity contribution is 5.93. The summed E-state index contributed by atoms with van der Waals surface area (Å²) in [6.45, 7) is 0.586. The number of methoxy groups -OCH3 is 1. The molecular weight excluding hydrogens is 314 g/mol. The van der Waals surface area contributed by atoms with Crippen molar-refractivity contribution in [3.8, 4) is 17.0 Å². The summed E-state index contributed by atoms with van der Waals surface area (Å²) in [7, 11) is 3.40. The van der Waals surface area contributed by atoms with Gasteiger partial charge < -0.3 is 10.1 Å². The Morgan fingerprint density at radius 1 is 1.12 bits per heavy atom. The van der Waals surface area contributed by atoms with Gasteiger partial charge in [0.15, 0.2) is 0 Å². The Bertz CT molecular complexity index is 856. The maximum absolute atomic E-state index is 12.4. The number of hydrogen-bond donors (Lipinski definition) is 1. The Balaban J connectivity index is 1.68. The summed E-state index contributed by atoms with van der Waals surface area (Å²) >= 11 is 0. The van der Waals surface area contributed by atoms with Crippen LogP contribution in [0.5, 0.6) is 5.75 Å². The molecule has 5 heteroatoms. The summed E-state index contributed by atoms with van der Waals surface area (Å²) in [5.41, 5.74) is 3.39. The van der Waals surface area contributed by atoms with Crippen molar-refractivity contribution in [3.05, 3.63) is 71.9 Å². The van der Waals surface area contributed by atoms with Gasteiger partial charge in [-0.3, -0.25) is 9.48 Å². The molecule has 0 aliphatic heterocycles. The first-order chi connectivity index (χ1) is 12.2. The van der Waals surface area contributed by atoms with Crippen LogP contribution < -0.4 is 10.1 Å². The number of nitrogens with zero attached hydrogens (tertiary/aromatic N) is 2. The summed E-state index contributed by atoms with van der Waals surface area (Å²) in [5, 5.41) is 7.40. The third-order valence-electron chi connectivity index (χ3n) is 4.02. The Morgan fingerprint density at radius 3 is 2.68 bits per heavy atom. The first-order valence-electron chi connectivity index (χ1n) is 8.18. The Kier molecular flexibility index (Phi) is 5.14. The monoisotopic (exact) mass is 335 g/mol. The minimum Gasteiger partial charge on any atom is -0.497 e. The van der Waals surface area contributed by atoms with Crippen LogP contribution in [-0.4, -0.2) is 29.3 Å². The van der Waals surface area contributed by atoms with Gasteiger partial charge in [-0.2, -0.15) is 5.10 Å². The van der Waals surface area contributed by atoms with Gasteiger partial charge in [0, 0.05) is 19.2 Å². The average Bonchev–Trinajstić information content (AvgIpc) is 3.04. The van der Waals surface area contributed by atoms with Crippen LogP contribution in [-0.2, 0) is 13.5 Å². The number of hydrogen-bond acceptors (Lipinski definition) is 3. The van der Waals surface area contributed by atoms with Crippen LogP contribution in [0.1, 0.15) is 16.1 Å². The predicted molar refractivity (Wildman–Crippen MR) is 97.7 cm³/mol. The van der Waals surface area contributed by atoms with Crippen LogP contribution >= 0.6 is 0 Å². The molecule has 0 unspecified atom stereocenters. The number of amides is 1. The summed E-state index contributed by atoms with van der Waals surface area (Å²) in [5.74, 6) is 0.636. The van der Waals surface area contributed by atoms with Gasteiger partial charge in [-0.15, -0.1) is 0 Å². The molecule has 128 valence electrons. The van der Waals surface area contributed by atoms with E-state index in [0.29, 0.717) is 12.2 Å². The van der Waals surface area contributed by atoms with Crippen molar-refractivity contribution in [2.45, 2.75) is 6.42 Å². The molecule has 0 atom stereocenters. The molecule has 0 aliphatic rings. The van der Waals surface area contributed by atoms with Gasteiger partial charge in [-0.05, 0) is 30.2 Å². The van der Waals surface area contributed by atoms with E-state index in [2.05, 4.69) is 22.5 Å². The van der Waals surface area contributed by atoms with Crippen LogP contribution in [0.25, 0.3) is 11.3 Å². The number of carbonyl (C=O) groups excluding carboxylic acids is 1. The molecule has 3 aromatic rings. The topological polar surface area (TPSA) is 56.1 Å². The molecule has 2 aromatic carbocycles. The van der Waals surface area contributed by atoms with Crippen LogP contribution in [0.3, 0.4) is 0 Å². The maximum atomic E-state index is 12.4. The molecule has 0 radical (unpaired) electrons. The third-order valence-corrected chi connectivity index (χ3v) is 4.02. The maximum Gasteiger partial charge on any atom is 0.269 e. The molecule has 3 rings (SSSR count). The summed E-state index contributed by atoms with van der Waals surface area (Å²) in [6.07, 6.45) is 0.799. The zero-order chi connectivity index (χ0) is 17.6. The van der Waals surface area contributed by atoms with Crippen molar-refractivity contribution < 1.29 is 9.53 Å². The quantitative estimate of drug-likeness (QED) is 0.753. The van der Waals surface area contributed by atoms with Crippen molar-refractivity contribution in [3.63, 3.8) is 0 Å². The largest absolute Gasteiger partial charge is 0.497 e. The number of benzene rings is 2. The Hall–Kier alpha value is -3.08. The number of aryl methyl sites for hydroxylation is 1. The molecule has 5 nitrogen and oxygen atoms in total. The highest BCUT2D eigenvalue weighted by atomic mass is 16.5. The lowest BCUT2D eigenvalue weighted by atomic mass is 10.1. The van der Waals surface area contributed by atoms with E-state index < -0.39 is 0 Å². The molecule has 0 fully saturated rings. The summed E-state index contributed by atoms with van der Waals surface area (Å²) in [6, 6.07) is 19.5. The fraction of sp³-hybridized carbons (Fsp3) is 0.200. The van der Waals surface area contributed by atoms with Crippen LogP contribution in [0.4, 0.5) is 0 Å². The second kappa shape index (κ2) is 7.66. The van der Waals surface area contributed by atoms with E-state index in [9.17, 15) is 4.79 Å². The number of rotatable bonds is 6. The first kappa shape index (κ1) is 16.8. The van der Waals surface area contributed by atoms with Crippen LogP contribution in [0.15, 0.2) is 60.7 Å². The minimum atomic E-state index is -0.125. The van der Waals surface area contributed by atoms with Gasteiger partial charge in [0.1, 0.15) is 11.4 Å². The molecule has 25 heavy (non-hydrogen) atoms. The number of nitrogens with one attached hydrogen (secondary N) is 1. The van der Waals surface area contributed by atoms with Gasteiger partial charge in [-0.25, -0.2) is 0 Å². The van der Waals surface area contributed by atoms with Crippen molar-refractivity contribution >= 4 is 5.91 Å². The van der Waals surface area contributed by atoms with Crippen LogP contribution in [0.2, 0.25) is 0 Å². The van der Waals surface area contributed by atoms with E-state index in [1.54, 1.807) is 24.9 Å². The van der Waals surface area contributed by atoms with E-state index in [0.717, 1.165) is 23.4 Å². The van der Waals surface area contributed by atoms with E-state index in [-0.39, 0.29) is 5.91 Å². The van der Waals surface area contributed by atoms with E-state index in [1.165, 1.54) is 5.56 Å². The Morgan fingerprint density at radius 2 is 1.92 bits per heavy atom. The number of carbonyl (C=O) groups is 1. The molecule has 0 saturated carbocycles. The fourth-order valence-corrected chi connectivity index (χ4v) is 2.66. The van der Waals surface area contributed by atoms with Gasteiger partial charge in [0.25, 0.3) is 5.91 Å². The van der Waals surface area contributed by atoms with Crippen molar-refractivity contribution in [2.24, 2.45) is 7.05 Å². The smallest absolute Gasteiger partial charge is 0.269 e. The third kappa shape index (κ3) is 4.07. The molecule has 0 aliphatic carbocycles. The predicted octanol–water partition coefficient (Wildman–Crippen LogP) is 3.07. The molecule has 1 amide bonds. The molecule has 0 bridgehead atoms. The molecule has 0 saturated heterocycles. The lowest BCUT2D eigenvalue weighted by Crippen LogP contribution is -2.27. The van der Waals surface area contributed by atoms with Gasteiger partial charge in [0.2, 0.25) is 0 Å². The highest BCUT2D eigenvalue weighted by Crippen LogP contribution is 2.23. The first-order valence-corrected chi connectivity index (χ1v) is 8.18.